The SMILES string of the molecule is CCCOc1ccc(OCc2ccc(Cl)cc2)c(Cl)c1. The first kappa shape index (κ1) is 15.0. The smallest absolute Gasteiger partial charge is 0.138 e. The van der Waals surface area contributed by atoms with Crippen molar-refractivity contribution in [2.45, 2.75) is 20.0 Å². The Balaban J connectivity index is 1.97. The molecule has 2 aromatic carbocycles. The molecule has 0 saturated heterocycles. The van der Waals surface area contributed by atoms with Crippen molar-refractivity contribution < 1.29 is 9.47 Å². The molecule has 0 atom stereocenters. The summed E-state index contributed by atoms with van der Waals surface area (Å²) < 4.78 is 11.2. The fourth-order valence-electron chi connectivity index (χ4n) is 1.65. The van der Waals surface area contributed by atoms with Gasteiger partial charge in [-0.25, -0.2) is 0 Å². The number of ether oxygens (including phenoxy) is 2. The van der Waals surface area contributed by atoms with Gasteiger partial charge < -0.3 is 9.47 Å². The van der Waals surface area contributed by atoms with E-state index in [1.165, 1.54) is 0 Å². The lowest BCUT2D eigenvalue weighted by molar-refractivity contribution is 0.301. The zero-order chi connectivity index (χ0) is 14.4. The zero-order valence-corrected chi connectivity index (χ0v) is 12.7. The Morgan fingerprint density at radius 2 is 1.70 bits per heavy atom. The number of halogens is 2. The van der Waals surface area contributed by atoms with E-state index in [1.807, 2.05) is 36.4 Å². The minimum atomic E-state index is 0.450. The van der Waals surface area contributed by atoms with Crippen LogP contribution in [0.2, 0.25) is 10.0 Å². The molecule has 106 valence electrons. The van der Waals surface area contributed by atoms with Gasteiger partial charge in [-0.15, -0.1) is 0 Å². The van der Waals surface area contributed by atoms with Crippen LogP contribution in [-0.2, 0) is 6.61 Å². The molecule has 0 amide bonds. The zero-order valence-electron chi connectivity index (χ0n) is 11.2. The van der Waals surface area contributed by atoms with E-state index in [1.54, 1.807) is 6.07 Å². The van der Waals surface area contributed by atoms with E-state index in [9.17, 15) is 0 Å². The van der Waals surface area contributed by atoms with Gasteiger partial charge in [-0.3, -0.25) is 0 Å². The fourth-order valence-corrected chi connectivity index (χ4v) is 2.00. The highest BCUT2D eigenvalue weighted by atomic mass is 35.5. The summed E-state index contributed by atoms with van der Waals surface area (Å²) in [6.45, 7) is 3.19. The number of hydrogen-bond acceptors (Lipinski definition) is 2. The minimum absolute atomic E-state index is 0.450. The van der Waals surface area contributed by atoms with E-state index in [2.05, 4.69) is 6.92 Å². The van der Waals surface area contributed by atoms with Crippen molar-refractivity contribution in [2.24, 2.45) is 0 Å². The largest absolute Gasteiger partial charge is 0.494 e. The van der Waals surface area contributed by atoms with Crippen LogP contribution in [0.3, 0.4) is 0 Å². The molecule has 0 aliphatic heterocycles. The van der Waals surface area contributed by atoms with Crippen LogP contribution >= 0.6 is 23.2 Å². The topological polar surface area (TPSA) is 18.5 Å². The lowest BCUT2D eigenvalue weighted by Crippen LogP contribution is -1.97. The molecule has 0 aliphatic rings. The van der Waals surface area contributed by atoms with Gasteiger partial charge in [0, 0.05) is 11.1 Å². The van der Waals surface area contributed by atoms with Crippen molar-refractivity contribution in [3.8, 4) is 11.5 Å². The normalized spacial score (nSPS) is 10.3. The molecule has 0 fully saturated rings. The van der Waals surface area contributed by atoms with Gasteiger partial charge in [0.1, 0.15) is 18.1 Å². The quantitative estimate of drug-likeness (QED) is 0.715. The molecule has 0 heterocycles. The molecular weight excluding hydrogens is 295 g/mol. The van der Waals surface area contributed by atoms with Crippen LogP contribution in [-0.4, -0.2) is 6.61 Å². The van der Waals surface area contributed by atoms with Crippen LogP contribution in [0.5, 0.6) is 11.5 Å². The molecule has 2 rings (SSSR count). The molecule has 0 saturated carbocycles. The maximum atomic E-state index is 6.17. The van der Waals surface area contributed by atoms with Gasteiger partial charge in [0.05, 0.1) is 11.6 Å². The number of hydrogen-bond donors (Lipinski definition) is 0. The summed E-state index contributed by atoms with van der Waals surface area (Å²) in [5.74, 6) is 1.40. The molecule has 0 N–H and O–H groups in total. The molecule has 2 nitrogen and oxygen atoms in total. The summed E-state index contributed by atoms with van der Waals surface area (Å²) in [6.07, 6.45) is 0.965. The maximum Gasteiger partial charge on any atom is 0.138 e. The number of rotatable bonds is 6. The van der Waals surface area contributed by atoms with Gasteiger partial charge in [-0.2, -0.15) is 0 Å². The molecule has 20 heavy (non-hydrogen) atoms. The summed E-state index contributed by atoms with van der Waals surface area (Å²) in [4.78, 5) is 0. The van der Waals surface area contributed by atoms with Crippen molar-refractivity contribution in [1.29, 1.82) is 0 Å². The standard InChI is InChI=1S/C16H16Cl2O2/c1-2-9-19-14-7-8-16(15(18)10-14)20-11-12-3-5-13(17)6-4-12/h3-8,10H,2,9,11H2,1H3. The Morgan fingerprint density at radius 3 is 2.35 bits per heavy atom. The van der Waals surface area contributed by atoms with Crippen LogP contribution in [0.1, 0.15) is 18.9 Å². The molecule has 0 aliphatic carbocycles. The second kappa shape index (κ2) is 7.41. The third-order valence-electron chi connectivity index (χ3n) is 2.68. The second-order valence-electron chi connectivity index (χ2n) is 4.36. The lowest BCUT2D eigenvalue weighted by Gasteiger charge is -2.10. The van der Waals surface area contributed by atoms with Gasteiger partial charge >= 0.3 is 0 Å². The average Bonchev–Trinajstić information content (AvgIpc) is 2.46. The summed E-state index contributed by atoms with van der Waals surface area (Å²) in [6, 6.07) is 13.0. The highest BCUT2D eigenvalue weighted by Gasteiger charge is 2.04. The third-order valence-corrected chi connectivity index (χ3v) is 3.23. The molecule has 0 aromatic heterocycles. The summed E-state index contributed by atoms with van der Waals surface area (Å²) >= 11 is 12.0. The van der Waals surface area contributed by atoms with Gasteiger partial charge in [-0.05, 0) is 36.2 Å². The maximum absolute atomic E-state index is 6.17. The predicted molar refractivity (Wildman–Crippen MR) is 83.0 cm³/mol. The van der Waals surface area contributed by atoms with Crippen molar-refractivity contribution in [3.05, 3.63) is 58.1 Å². The monoisotopic (exact) mass is 310 g/mol. The van der Waals surface area contributed by atoms with E-state index >= 15 is 0 Å². The molecule has 0 unspecified atom stereocenters. The molecule has 0 radical (unpaired) electrons. The third kappa shape index (κ3) is 4.32. The first-order chi connectivity index (χ1) is 9.69. The van der Waals surface area contributed by atoms with Crippen molar-refractivity contribution in [2.75, 3.05) is 6.61 Å². The van der Waals surface area contributed by atoms with Crippen LogP contribution in [0.4, 0.5) is 0 Å². The summed E-state index contributed by atoms with van der Waals surface area (Å²) in [7, 11) is 0. The van der Waals surface area contributed by atoms with Crippen LogP contribution < -0.4 is 9.47 Å². The molecule has 2 aromatic rings. The van der Waals surface area contributed by atoms with Gasteiger partial charge in [0.15, 0.2) is 0 Å². The summed E-state index contributed by atoms with van der Waals surface area (Å²) in [5, 5.41) is 1.26. The van der Waals surface area contributed by atoms with E-state index < -0.39 is 0 Å². The Morgan fingerprint density at radius 1 is 0.950 bits per heavy atom. The first-order valence-electron chi connectivity index (χ1n) is 6.48. The lowest BCUT2D eigenvalue weighted by atomic mass is 10.2. The van der Waals surface area contributed by atoms with E-state index in [0.29, 0.717) is 29.0 Å². The summed E-state index contributed by atoms with van der Waals surface area (Å²) in [5.41, 5.74) is 1.04. The van der Waals surface area contributed by atoms with Crippen LogP contribution in [0.25, 0.3) is 0 Å². The van der Waals surface area contributed by atoms with Crippen LogP contribution in [0, 0.1) is 0 Å². The highest BCUT2D eigenvalue weighted by molar-refractivity contribution is 6.32. The predicted octanol–water partition coefficient (Wildman–Crippen LogP) is 5.36. The Kier molecular flexibility index (Phi) is 5.57. The van der Waals surface area contributed by atoms with E-state index in [0.717, 1.165) is 17.7 Å². The molecule has 0 spiro atoms. The van der Waals surface area contributed by atoms with Crippen molar-refractivity contribution in [1.82, 2.24) is 0 Å². The molecule has 4 heteroatoms. The Labute approximate surface area is 129 Å². The Bertz CT molecular complexity index is 553. The van der Waals surface area contributed by atoms with Crippen molar-refractivity contribution >= 4 is 23.2 Å². The van der Waals surface area contributed by atoms with Gasteiger partial charge in [0.25, 0.3) is 0 Å². The van der Waals surface area contributed by atoms with Gasteiger partial charge in [-0.1, -0.05) is 42.3 Å². The van der Waals surface area contributed by atoms with E-state index in [4.69, 9.17) is 32.7 Å². The minimum Gasteiger partial charge on any atom is -0.494 e. The van der Waals surface area contributed by atoms with E-state index in [-0.39, 0.29) is 0 Å². The molecule has 0 bridgehead atoms. The van der Waals surface area contributed by atoms with Crippen LogP contribution in [0.15, 0.2) is 42.5 Å². The molecular formula is C16H16Cl2O2. The van der Waals surface area contributed by atoms with Crippen molar-refractivity contribution in [3.63, 3.8) is 0 Å². The Hall–Kier alpha value is -1.38. The second-order valence-corrected chi connectivity index (χ2v) is 5.20. The highest BCUT2D eigenvalue weighted by Crippen LogP contribution is 2.29. The fraction of sp³-hybridized carbons (Fsp3) is 0.250. The first-order valence-corrected chi connectivity index (χ1v) is 7.24. The number of benzene rings is 2. The van der Waals surface area contributed by atoms with Gasteiger partial charge in [0.2, 0.25) is 0 Å². The average molecular weight is 311 g/mol.